The van der Waals surface area contributed by atoms with Crippen LogP contribution in [0, 0.1) is 0 Å². The molecule has 0 unspecified atom stereocenters. The molecule has 0 saturated heterocycles. The lowest BCUT2D eigenvalue weighted by atomic mass is 9.85. The van der Waals surface area contributed by atoms with Crippen LogP contribution in [-0.2, 0) is 4.79 Å². The Morgan fingerprint density at radius 2 is 2.42 bits per heavy atom. The SMILES string of the molecule is [B]CC1=C(C(C)=O)C(F)=CCC1. The number of hydrogen-bond acceptors (Lipinski definition) is 1. The van der Waals surface area contributed by atoms with Crippen LogP contribution in [0.4, 0.5) is 4.39 Å². The van der Waals surface area contributed by atoms with E-state index >= 15 is 0 Å². The highest BCUT2D eigenvalue weighted by Gasteiger charge is 2.17. The Morgan fingerprint density at radius 3 is 2.83 bits per heavy atom. The minimum atomic E-state index is -0.408. The van der Waals surface area contributed by atoms with Crippen LogP contribution in [0.5, 0.6) is 0 Å². The first kappa shape index (κ1) is 9.23. The minimum absolute atomic E-state index is 0.198. The fraction of sp³-hybridized carbons (Fsp3) is 0.444. The summed E-state index contributed by atoms with van der Waals surface area (Å²) >= 11 is 0. The molecule has 0 atom stereocenters. The van der Waals surface area contributed by atoms with Gasteiger partial charge in [-0.25, -0.2) is 4.39 Å². The summed E-state index contributed by atoms with van der Waals surface area (Å²) in [6.45, 7) is 1.36. The van der Waals surface area contributed by atoms with E-state index in [9.17, 15) is 9.18 Å². The molecule has 0 saturated carbocycles. The van der Waals surface area contributed by atoms with E-state index < -0.39 is 5.83 Å². The van der Waals surface area contributed by atoms with Gasteiger partial charge in [-0.3, -0.25) is 4.79 Å². The molecule has 2 radical (unpaired) electrons. The zero-order valence-corrected chi connectivity index (χ0v) is 7.06. The molecule has 0 aliphatic heterocycles. The highest BCUT2D eigenvalue weighted by atomic mass is 19.1. The summed E-state index contributed by atoms with van der Waals surface area (Å²) in [6, 6.07) is 0. The van der Waals surface area contributed by atoms with E-state index in [4.69, 9.17) is 7.85 Å². The summed E-state index contributed by atoms with van der Waals surface area (Å²) in [5.74, 6) is -0.641. The second-order valence-corrected chi connectivity index (χ2v) is 2.83. The van der Waals surface area contributed by atoms with Crippen molar-refractivity contribution in [2.24, 2.45) is 0 Å². The van der Waals surface area contributed by atoms with Crippen LogP contribution in [0.1, 0.15) is 19.8 Å². The van der Waals surface area contributed by atoms with Crippen LogP contribution in [0.2, 0.25) is 6.32 Å². The molecule has 0 heterocycles. The van der Waals surface area contributed by atoms with Gasteiger partial charge in [-0.15, -0.1) is 0 Å². The van der Waals surface area contributed by atoms with Gasteiger partial charge < -0.3 is 0 Å². The second-order valence-electron chi connectivity index (χ2n) is 2.83. The maximum atomic E-state index is 13.1. The van der Waals surface area contributed by atoms with Crippen LogP contribution in [-0.4, -0.2) is 13.6 Å². The molecule has 1 nitrogen and oxygen atoms in total. The van der Waals surface area contributed by atoms with Crippen molar-refractivity contribution < 1.29 is 9.18 Å². The van der Waals surface area contributed by atoms with Gasteiger partial charge in [-0.1, -0.05) is 11.9 Å². The van der Waals surface area contributed by atoms with Crippen molar-refractivity contribution in [3.05, 3.63) is 23.0 Å². The van der Waals surface area contributed by atoms with Crippen molar-refractivity contribution in [2.45, 2.75) is 26.1 Å². The van der Waals surface area contributed by atoms with Gasteiger partial charge in [0, 0.05) is 0 Å². The highest BCUT2D eigenvalue weighted by Crippen LogP contribution is 2.28. The molecule has 0 amide bonds. The topological polar surface area (TPSA) is 17.1 Å². The molecule has 0 spiro atoms. The van der Waals surface area contributed by atoms with Crippen LogP contribution < -0.4 is 0 Å². The van der Waals surface area contributed by atoms with E-state index in [2.05, 4.69) is 0 Å². The minimum Gasteiger partial charge on any atom is -0.294 e. The second kappa shape index (κ2) is 3.70. The largest absolute Gasteiger partial charge is 0.294 e. The number of carbonyl (C=O) groups excluding carboxylic acids is 1. The zero-order chi connectivity index (χ0) is 9.14. The first-order chi connectivity index (χ1) is 5.66. The summed E-state index contributed by atoms with van der Waals surface area (Å²) in [5.41, 5.74) is 0.936. The van der Waals surface area contributed by atoms with Crippen LogP contribution in [0.3, 0.4) is 0 Å². The first-order valence-electron chi connectivity index (χ1n) is 3.96. The monoisotopic (exact) mass is 164 g/mol. The number of Topliss-reactive ketones (excluding diaryl/α,β-unsaturated/α-hetero) is 1. The van der Waals surface area contributed by atoms with E-state index in [-0.39, 0.29) is 17.7 Å². The molecule has 0 bridgehead atoms. The number of hydrogen-bond donors (Lipinski definition) is 0. The molecule has 12 heavy (non-hydrogen) atoms. The third kappa shape index (κ3) is 1.66. The standard InChI is InChI=1S/C9H10BFO/c1-6(12)9-7(5-10)3-2-4-8(9)11/h4H,2-3,5H2,1H3. The van der Waals surface area contributed by atoms with Crippen molar-refractivity contribution in [1.29, 1.82) is 0 Å². The van der Waals surface area contributed by atoms with E-state index in [1.54, 1.807) is 0 Å². The van der Waals surface area contributed by atoms with Crippen LogP contribution in [0.25, 0.3) is 0 Å². The van der Waals surface area contributed by atoms with Crippen LogP contribution >= 0.6 is 0 Å². The Labute approximate surface area is 72.8 Å². The zero-order valence-electron chi connectivity index (χ0n) is 7.06. The summed E-state index contributed by atoms with van der Waals surface area (Å²) in [4.78, 5) is 11.0. The molecular formula is C9H10BFO. The predicted octanol–water partition coefficient (Wildman–Crippen LogP) is 2.11. The van der Waals surface area contributed by atoms with Crippen molar-refractivity contribution in [3.63, 3.8) is 0 Å². The molecule has 0 aromatic heterocycles. The maximum absolute atomic E-state index is 13.1. The summed E-state index contributed by atoms with van der Waals surface area (Å²) < 4.78 is 13.1. The lowest BCUT2D eigenvalue weighted by Gasteiger charge is -2.14. The third-order valence-corrected chi connectivity index (χ3v) is 1.96. The van der Waals surface area contributed by atoms with E-state index in [1.165, 1.54) is 13.0 Å². The van der Waals surface area contributed by atoms with Gasteiger partial charge >= 0.3 is 0 Å². The Morgan fingerprint density at radius 1 is 1.75 bits per heavy atom. The average molecular weight is 164 g/mol. The fourth-order valence-electron chi connectivity index (χ4n) is 1.39. The number of rotatable bonds is 2. The Kier molecular flexibility index (Phi) is 2.85. The molecule has 0 aromatic rings. The third-order valence-electron chi connectivity index (χ3n) is 1.96. The van der Waals surface area contributed by atoms with E-state index in [1.807, 2.05) is 0 Å². The molecule has 1 aliphatic carbocycles. The van der Waals surface area contributed by atoms with Gasteiger partial charge in [-0.05, 0) is 25.8 Å². The lowest BCUT2D eigenvalue weighted by molar-refractivity contribution is -0.113. The quantitative estimate of drug-likeness (QED) is 0.571. The number of allylic oxidation sites excluding steroid dienone is 4. The smallest absolute Gasteiger partial charge is 0.162 e. The Hall–Kier alpha value is -0.855. The summed E-state index contributed by atoms with van der Waals surface area (Å²) in [5, 5.41) is 0. The van der Waals surface area contributed by atoms with Crippen molar-refractivity contribution in [3.8, 4) is 0 Å². The highest BCUT2D eigenvalue weighted by molar-refractivity contribution is 6.11. The van der Waals surface area contributed by atoms with Crippen molar-refractivity contribution >= 4 is 13.6 Å². The average Bonchev–Trinajstić information content (AvgIpc) is 2.03. The van der Waals surface area contributed by atoms with Gasteiger partial charge in [0.05, 0.1) is 13.4 Å². The summed E-state index contributed by atoms with van der Waals surface area (Å²) in [6.07, 6.45) is 3.07. The van der Waals surface area contributed by atoms with Crippen LogP contribution in [0.15, 0.2) is 23.0 Å². The molecule has 1 aliphatic rings. The Balaban J connectivity index is 3.06. The van der Waals surface area contributed by atoms with E-state index in [0.29, 0.717) is 12.8 Å². The Bertz CT molecular complexity index is 266. The van der Waals surface area contributed by atoms with Gasteiger partial charge in [0.1, 0.15) is 5.83 Å². The first-order valence-corrected chi connectivity index (χ1v) is 3.96. The molecule has 3 heteroatoms. The fourth-order valence-corrected chi connectivity index (χ4v) is 1.39. The molecule has 0 aromatic carbocycles. The maximum Gasteiger partial charge on any atom is 0.162 e. The van der Waals surface area contributed by atoms with Gasteiger partial charge in [0.15, 0.2) is 5.78 Å². The molecule has 0 N–H and O–H groups in total. The molecule has 62 valence electrons. The molecule has 1 rings (SSSR count). The van der Waals surface area contributed by atoms with Gasteiger partial charge in [0.25, 0.3) is 0 Å². The molecular weight excluding hydrogens is 154 g/mol. The molecule has 0 fully saturated rings. The number of halogens is 1. The normalized spacial score (nSPS) is 17.7. The van der Waals surface area contributed by atoms with Gasteiger partial charge in [0.2, 0.25) is 0 Å². The van der Waals surface area contributed by atoms with E-state index in [0.717, 1.165) is 5.57 Å². The van der Waals surface area contributed by atoms with Crippen molar-refractivity contribution in [1.82, 2.24) is 0 Å². The van der Waals surface area contributed by atoms with Gasteiger partial charge in [-0.2, -0.15) is 0 Å². The lowest BCUT2D eigenvalue weighted by Crippen LogP contribution is -2.06. The van der Waals surface area contributed by atoms with Crippen molar-refractivity contribution in [2.75, 3.05) is 0 Å². The number of ketones is 1. The summed E-state index contributed by atoms with van der Waals surface area (Å²) in [7, 11) is 5.39. The predicted molar refractivity (Wildman–Crippen MR) is 46.7 cm³/mol. The number of carbonyl (C=O) groups is 1.